The van der Waals surface area contributed by atoms with Crippen LogP contribution >= 0.6 is 0 Å². The molecule has 0 atom stereocenters. The highest BCUT2D eigenvalue weighted by Crippen LogP contribution is 2.60. The molecule has 2 N–H and O–H groups in total. The van der Waals surface area contributed by atoms with Crippen LogP contribution in [0.1, 0.15) is 80.6 Å². The number of nitrogens with zero attached hydrogens (tertiary/aromatic N) is 1. The lowest BCUT2D eigenvalue weighted by Crippen LogP contribution is -2.51. The largest absolute Gasteiger partial charge is 0.382 e. The molecule has 2 aromatic carbocycles. The van der Waals surface area contributed by atoms with Crippen LogP contribution in [0.4, 0.5) is 11.4 Å². The average molecular weight is 558 g/mol. The van der Waals surface area contributed by atoms with E-state index in [1.165, 1.54) is 24.8 Å². The van der Waals surface area contributed by atoms with E-state index in [1.807, 2.05) is 19.1 Å². The molecule has 4 aliphatic carbocycles. The lowest BCUT2D eigenvalue weighted by molar-refractivity contribution is -0.140. The van der Waals surface area contributed by atoms with Gasteiger partial charge >= 0.3 is 0 Å². The molecule has 4 saturated carbocycles. The molecule has 0 radical (unpaired) electrons. The zero-order valence-corrected chi connectivity index (χ0v) is 24.7. The van der Waals surface area contributed by atoms with Gasteiger partial charge in [-0.1, -0.05) is 30.3 Å². The Kier molecular flexibility index (Phi) is 8.66. The van der Waals surface area contributed by atoms with Crippen molar-refractivity contribution in [1.29, 1.82) is 0 Å². The molecule has 6 heteroatoms. The average Bonchev–Trinajstić information content (AvgIpc) is 2.97. The SMILES string of the molecule is CCOCCCNC(=O)c1cc(NC(=O)C23CC4CC(CC(C4)C2)C3)ccc1N1CCC(Cc2ccccc2)CC1. The van der Waals surface area contributed by atoms with Gasteiger partial charge in [-0.2, -0.15) is 0 Å². The van der Waals surface area contributed by atoms with Crippen molar-refractivity contribution in [1.82, 2.24) is 5.32 Å². The van der Waals surface area contributed by atoms with Crippen LogP contribution in [0.2, 0.25) is 0 Å². The van der Waals surface area contributed by atoms with Crippen LogP contribution in [-0.2, 0) is 16.0 Å². The highest BCUT2D eigenvalue weighted by Gasteiger charge is 2.54. The van der Waals surface area contributed by atoms with Gasteiger partial charge in [-0.3, -0.25) is 9.59 Å². The molecule has 5 aliphatic rings. The number of piperidine rings is 1. The molecule has 0 aromatic heterocycles. The second kappa shape index (κ2) is 12.6. The number of amides is 2. The number of nitrogens with one attached hydrogen (secondary N) is 2. The first-order valence-electron chi connectivity index (χ1n) is 16.1. The molecular formula is C35H47N3O3. The van der Waals surface area contributed by atoms with E-state index < -0.39 is 0 Å². The fraction of sp³-hybridized carbons (Fsp3) is 0.600. The van der Waals surface area contributed by atoms with Crippen LogP contribution < -0.4 is 15.5 Å². The maximum Gasteiger partial charge on any atom is 0.253 e. The first kappa shape index (κ1) is 28.3. The highest BCUT2D eigenvalue weighted by atomic mass is 16.5. The van der Waals surface area contributed by atoms with E-state index >= 15 is 0 Å². The number of ether oxygens (including phenoxy) is 1. The molecule has 5 fully saturated rings. The first-order valence-corrected chi connectivity index (χ1v) is 16.1. The topological polar surface area (TPSA) is 70.7 Å². The van der Waals surface area contributed by atoms with E-state index in [0.717, 1.165) is 87.2 Å². The molecule has 1 saturated heterocycles. The summed E-state index contributed by atoms with van der Waals surface area (Å²) in [7, 11) is 0. The van der Waals surface area contributed by atoms with E-state index in [4.69, 9.17) is 4.74 Å². The minimum Gasteiger partial charge on any atom is -0.382 e. The zero-order valence-electron chi connectivity index (χ0n) is 24.7. The quantitative estimate of drug-likeness (QED) is 0.311. The molecule has 41 heavy (non-hydrogen) atoms. The Morgan fingerprint density at radius 1 is 0.951 bits per heavy atom. The predicted octanol–water partition coefficient (Wildman–Crippen LogP) is 6.46. The Morgan fingerprint density at radius 2 is 1.63 bits per heavy atom. The third-order valence-corrected chi connectivity index (χ3v) is 10.3. The molecule has 1 aliphatic heterocycles. The number of carbonyl (C=O) groups excluding carboxylic acids is 2. The fourth-order valence-electron chi connectivity index (χ4n) is 8.66. The summed E-state index contributed by atoms with van der Waals surface area (Å²) in [4.78, 5) is 29.6. The van der Waals surface area contributed by atoms with E-state index in [2.05, 4.69) is 51.9 Å². The van der Waals surface area contributed by atoms with Crippen LogP contribution in [0, 0.1) is 29.1 Å². The summed E-state index contributed by atoms with van der Waals surface area (Å²) >= 11 is 0. The third-order valence-electron chi connectivity index (χ3n) is 10.3. The molecule has 7 rings (SSSR count). The smallest absolute Gasteiger partial charge is 0.253 e. The second-order valence-corrected chi connectivity index (χ2v) is 13.3. The Labute approximate surface area is 245 Å². The Morgan fingerprint density at radius 3 is 2.29 bits per heavy atom. The molecular weight excluding hydrogens is 510 g/mol. The summed E-state index contributed by atoms with van der Waals surface area (Å²) in [6, 6.07) is 16.7. The van der Waals surface area contributed by atoms with E-state index in [1.54, 1.807) is 0 Å². The number of anilines is 2. The number of rotatable bonds is 11. The zero-order chi connectivity index (χ0) is 28.2. The van der Waals surface area contributed by atoms with Crippen LogP contribution in [0.25, 0.3) is 0 Å². The number of benzene rings is 2. The first-order chi connectivity index (χ1) is 20.0. The summed E-state index contributed by atoms with van der Waals surface area (Å²) < 4.78 is 5.45. The number of hydrogen-bond acceptors (Lipinski definition) is 4. The maximum absolute atomic E-state index is 13.8. The second-order valence-electron chi connectivity index (χ2n) is 13.3. The number of hydrogen-bond donors (Lipinski definition) is 2. The molecule has 2 aromatic rings. The van der Waals surface area contributed by atoms with Crippen molar-refractivity contribution in [3.63, 3.8) is 0 Å². The summed E-state index contributed by atoms with van der Waals surface area (Å²) in [5.74, 6) is 2.91. The normalized spacial score (nSPS) is 27.1. The van der Waals surface area contributed by atoms with Gasteiger partial charge in [0.1, 0.15) is 0 Å². The molecule has 220 valence electrons. The van der Waals surface area contributed by atoms with Gasteiger partial charge in [-0.25, -0.2) is 0 Å². The summed E-state index contributed by atoms with van der Waals surface area (Å²) in [5, 5.41) is 6.39. The Bertz CT molecular complexity index is 1170. The summed E-state index contributed by atoms with van der Waals surface area (Å²) in [5.41, 5.74) is 3.56. The van der Waals surface area contributed by atoms with E-state index in [0.29, 0.717) is 31.2 Å². The molecule has 2 amide bonds. The molecule has 6 nitrogen and oxygen atoms in total. The van der Waals surface area contributed by atoms with Crippen LogP contribution in [0.5, 0.6) is 0 Å². The van der Waals surface area contributed by atoms with Crippen LogP contribution in [0.3, 0.4) is 0 Å². The van der Waals surface area contributed by atoms with Crippen LogP contribution in [-0.4, -0.2) is 44.7 Å². The van der Waals surface area contributed by atoms with E-state index in [-0.39, 0.29) is 17.2 Å². The summed E-state index contributed by atoms with van der Waals surface area (Å²) in [6.07, 6.45) is 11.2. The van der Waals surface area contributed by atoms with E-state index in [9.17, 15) is 9.59 Å². The lowest BCUT2D eigenvalue weighted by atomic mass is 9.49. The molecule has 4 bridgehead atoms. The van der Waals surface area contributed by atoms with Crippen molar-refractivity contribution < 1.29 is 14.3 Å². The van der Waals surface area contributed by atoms with Crippen molar-refractivity contribution in [3.8, 4) is 0 Å². The van der Waals surface area contributed by atoms with Crippen molar-refractivity contribution >= 4 is 23.2 Å². The van der Waals surface area contributed by atoms with Gasteiger partial charge in [0.25, 0.3) is 5.91 Å². The predicted molar refractivity (Wildman–Crippen MR) is 164 cm³/mol. The van der Waals surface area contributed by atoms with Gasteiger partial charge in [0, 0.05) is 44.2 Å². The third kappa shape index (κ3) is 6.48. The summed E-state index contributed by atoms with van der Waals surface area (Å²) in [6.45, 7) is 5.74. The van der Waals surface area contributed by atoms with Crippen molar-refractivity contribution in [2.75, 3.05) is 43.1 Å². The van der Waals surface area contributed by atoms with Gasteiger partial charge < -0.3 is 20.3 Å². The van der Waals surface area contributed by atoms with Crippen LogP contribution in [0.15, 0.2) is 48.5 Å². The van der Waals surface area contributed by atoms with Gasteiger partial charge in [0.2, 0.25) is 5.91 Å². The molecule has 0 unspecified atom stereocenters. The number of carbonyl (C=O) groups is 2. The van der Waals surface area contributed by atoms with Crippen molar-refractivity contribution in [3.05, 3.63) is 59.7 Å². The van der Waals surface area contributed by atoms with Crippen molar-refractivity contribution in [2.45, 2.75) is 71.1 Å². The Balaban J connectivity index is 1.15. The van der Waals surface area contributed by atoms with Crippen molar-refractivity contribution in [2.24, 2.45) is 29.1 Å². The maximum atomic E-state index is 13.8. The van der Waals surface area contributed by atoms with Gasteiger partial charge in [-0.15, -0.1) is 0 Å². The fourth-order valence-corrected chi connectivity index (χ4v) is 8.66. The Hall–Kier alpha value is -2.86. The standard InChI is InChI=1S/C35H47N3O3/c1-2-41-16-6-13-36-33(39)31-21-30(37-34(40)35-22-27-18-28(23-35)20-29(19-27)24-35)9-10-32(31)38-14-11-26(12-15-38)17-25-7-4-3-5-8-25/h3-5,7-10,21,26-29H,2,6,11-20,22-24H2,1H3,(H,36,39)(H,37,40). The van der Waals surface area contributed by atoms with Gasteiger partial charge in [0.15, 0.2) is 0 Å². The van der Waals surface area contributed by atoms with Gasteiger partial charge in [-0.05, 0) is 119 Å². The molecule has 0 spiro atoms. The van der Waals surface area contributed by atoms with Gasteiger partial charge in [0.05, 0.1) is 11.0 Å². The monoisotopic (exact) mass is 557 g/mol. The highest BCUT2D eigenvalue weighted by molar-refractivity contribution is 6.02. The minimum atomic E-state index is -0.213. The lowest BCUT2D eigenvalue weighted by Gasteiger charge is -2.55. The minimum absolute atomic E-state index is 0.0752. The molecule has 1 heterocycles.